The first-order valence-corrected chi connectivity index (χ1v) is 10.9. The van der Waals surface area contributed by atoms with Gasteiger partial charge in [0.15, 0.2) is 0 Å². The third-order valence-corrected chi connectivity index (χ3v) is 5.77. The van der Waals surface area contributed by atoms with Gasteiger partial charge in [-0.05, 0) is 60.5 Å². The predicted octanol–water partition coefficient (Wildman–Crippen LogP) is 4.03. The van der Waals surface area contributed by atoms with Crippen molar-refractivity contribution in [3.63, 3.8) is 0 Å². The fraction of sp³-hybridized carbons (Fsp3) is 0.200. The largest absolute Gasteiger partial charge is 0.481 e. The van der Waals surface area contributed by atoms with Crippen molar-refractivity contribution in [3.05, 3.63) is 42.5 Å². The lowest BCUT2D eigenvalue weighted by Gasteiger charge is -2.22. The molecule has 0 unspecified atom stereocenters. The number of aromatic nitrogens is 5. The first-order chi connectivity index (χ1) is 15.5. The number of aromatic amines is 1. The van der Waals surface area contributed by atoms with Crippen LogP contribution in [0.1, 0.15) is 19.3 Å². The number of ether oxygens (including phenoxy) is 1. The van der Waals surface area contributed by atoms with E-state index in [-0.39, 0.29) is 6.42 Å². The maximum atomic E-state index is 13.0. The maximum absolute atomic E-state index is 13.0. The number of carboxylic acid groups (broad SMARTS) is 1. The van der Waals surface area contributed by atoms with E-state index in [1.165, 1.54) is 16.2 Å². The van der Waals surface area contributed by atoms with Crippen molar-refractivity contribution in [3.8, 4) is 17.1 Å². The summed E-state index contributed by atoms with van der Waals surface area (Å²) in [5.41, 5.74) is 2.15. The van der Waals surface area contributed by atoms with Crippen LogP contribution in [0.2, 0.25) is 0 Å². The van der Waals surface area contributed by atoms with Crippen molar-refractivity contribution < 1.29 is 19.4 Å². The molecule has 0 aliphatic heterocycles. The second-order valence-electron chi connectivity index (χ2n) is 6.78. The summed E-state index contributed by atoms with van der Waals surface area (Å²) in [7, 11) is 0. The summed E-state index contributed by atoms with van der Waals surface area (Å²) >= 11 is 5.69. The molecule has 0 bridgehead atoms. The molecule has 0 saturated heterocycles. The van der Waals surface area contributed by atoms with Gasteiger partial charge in [-0.25, -0.2) is 9.78 Å². The third-order valence-electron chi connectivity index (χ3n) is 4.58. The SMILES string of the molecule is O=C(O)CCCCN(C(=O)Oc1ccc(-c2nn[nH]n2)cc1)c1ccc2nc(S)sc2c1. The van der Waals surface area contributed by atoms with Gasteiger partial charge in [-0.15, -0.1) is 34.2 Å². The van der Waals surface area contributed by atoms with Gasteiger partial charge in [0.05, 0.1) is 10.2 Å². The summed E-state index contributed by atoms with van der Waals surface area (Å²) < 4.78 is 7.10. The minimum absolute atomic E-state index is 0.0390. The molecular formula is C20H18N6O4S2. The molecule has 0 aliphatic rings. The number of benzene rings is 2. The molecule has 32 heavy (non-hydrogen) atoms. The molecule has 10 nitrogen and oxygen atoms in total. The Labute approximate surface area is 191 Å². The Kier molecular flexibility index (Phi) is 6.61. The number of rotatable bonds is 8. The number of hydrogen-bond acceptors (Lipinski definition) is 9. The molecule has 0 saturated carbocycles. The number of thiazole rings is 1. The van der Waals surface area contributed by atoms with Crippen LogP contribution in [0.4, 0.5) is 10.5 Å². The van der Waals surface area contributed by atoms with E-state index in [2.05, 4.69) is 38.2 Å². The summed E-state index contributed by atoms with van der Waals surface area (Å²) in [5, 5.41) is 22.6. The topological polar surface area (TPSA) is 134 Å². The molecule has 164 valence electrons. The zero-order valence-corrected chi connectivity index (χ0v) is 18.3. The molecule has 12 heteroatoms. The maximum Gasteiger partial charge on any atom is 0.419 e. The second-order valence-corrected chi connectivity index (χ2v) is 8.54. The van der Waals surface area contributed by atoms with Gasteiger partial charge in [-0.1, -0.05) is 0 Å². The van der Waals surface area contributed by atoms with Crippen LogP contribution < -0.4 is 9.64 Å². The van der Waals surface area contributed by atoms with E-state index in [0.717, 1.165) is 15.8 Å². The number of unbranched alkanes of at least 4 members (excludes halogenated alkanes) is 1. The minimum Gasteiger partial charge on any atom is -0.481 e. The summed E-state index contributed by atoms with van der Waals surface area (Å²) in [5.74, 6) is -0.0770. The summed E-state index contributed by atoms with van der Waals surface area (Å²) in [6.45, 7) is 0.311. The number of amides is 1. The van der Waals surface area contributed by atoms with Crippen molar-refractivity contribution in [2.24, 2.45) is 0 Å². The summed E-state index contributed by atoms with van der Waals surface area (Å²) in [4.78, 5) is 29.6. The number of hydrogen-bond donors (Lipinski definition) is 3. The molecule has 2 heterocycles. The van der Waals surface area contributed by atoms with E-state index in [1.807, 2.05) is 12.1 Å². The van der Waals surface area contributed by atoms with Gasteiger partial charge in [0.25, 0.3) is 0 Å². The number of thiol groups is 1. The molecule has 4 aromatic rings. The standard InChI is InChI=1S/C20H18N6O4S2/c27-17(28)3-1-2-10-26(13-6-9-15-16(11-13)32-19(31)21-15)20(29)30-14-7-4-12(5-8-14)18-22-24-25-23-18/h4-9,11H,1-3,10H2,(H,21,31)(H,27,28)(H,22,23,24,25). The van der Waals surface area contributed by atoms with Crippen molar-refractivity contribution in [2.75, 3.05) is 11.4 Å². The van der Waals surface area contributed by atoms with Crippen molar-refractivity contribution >= 4 is 51.9 Å². The fourth-order valence-electron chi connectivity index (χ4n) is 3.05. The number of anilines is 1. The molecule has 0 atom stereocenters. The first-order valence-electron chi connectivity index (χ1n) is 9.64. The normalized spacial score (nSPS) is 10.9. The number of carbonyl (C=O) groups is 2. The predicted molar refractivity (Wildman–Crippen MR) is 121 cm³/mol. The second kappa shape index (κ2) is 9.75. The lowest BCUT2D eigenvalue weighted by atomic mass is 10.2. The van der Waals surface area contributed by atoms with Crippen LogP contribution in [0.25, 0.3) is 21.6 Å². The van der Waals surface area contributed by atoms with Gasteiger partial charge in [-0.3, -0.25) is 9.69 Å². The van der Waals surface area contributed by atoms with Crippen LogP contribution in [0, 0.1) is 0 Å². The average Bonchev–Trinajstić information content (AvgIpc) is 3.42. The zero-order chi connectivity index (χ0) is 22.5. The fourth-order valence-corrected chi connectivity index (χ4v) is 4.19. The third kappa shape index (κ3) is 5.21. The van der Waals surface area contributed by atoms with Gasteiger partial charge in [-0.2, -0.15) is 5.21 Å². The monoisotopic (exact) mass is 470 g/mol. The Bertz CT molecular complexity index is 1230. The number of carboxylic acids is 1. The highest BCUT2D eigenvalue weighted by molar-refractivity contribution is 7.82. The van der Waals surface area contributed by atoms with Gasteiger partial charge in [0, 0.05) is 24.2 Å². The number of carbonyl (C=O) groups excluding carboxylic acids is 1. The van der Waals surface area contributed by atoms with Crippen LogP contribution >= 0.6 is 24.0 Å². The van der Waals surface area contributed by atoms with Crippen LogP contribution in [0.15, 0.2) is 46.8 Å². The van der Waals surface area contributed by atoms with E-state index < -0.39 is 12.1 Å². The van der Waals surface area contributed by atoms with Gasteiger partial charge in [0.2, 0.25) is 5.82 Å². The molecule has 0 radical (unpaired) electrons. The van der Waals surface area contributed by atoms with Crippen LogP contribution in [0.3, 0.4) is 0 Å². The van der Waals surface area contributed by atoms with E-state index in [9.17, 15) is 9.59 Å². The highest BCUT2D eigenvalue weighted by atomic mass is 32.2. The van der Waals surface area contributed by atoms with E-state index in [0.29, 0.717) is 41.0 Å². The Morgan fingerprint density at radius 3 is 2.69 bits per heavy atom. The van der Waals surface area contributed by atoms with Crippen LogP contribution in [-0.4, -0.2) is 49.3 Å². The lowest BCUT2D eigenvalue weighted by Crippen LogP contribution is -2.34. The van der Waals surface area contributed by atoms with E-state index >= 15 is 0 Å². The Morgan fingerprint density at radius 2 is 1.97 bits per heavy atom. The number of fused-ring (bicyclic) bond motifs is 1. The highest BCUT2D eigenvalue weighted by Crippen LogP contribution is 2.29. The number of tetrazole rings is 1. The number of nitrogens with one attached hydrogen (secondary N) is 1. The summed E-state index contributed by atoms with van der Waals surface area (Å²) in [6.07, 6.45) is 0.429. The molecule has 4 rings (SSSR count). The number of aliphatic carboxylic acids is 1. The molecule has 2 aromatic heterocycles. The minimum atomic E-state index is -0.867. The zero-order valence-electron chi connectivity index (χ0n) is 16.6. The Morgan fingerprint density at radius 1 is 1.16 bits per heavy atom. The molecule has 2 aromatic carbocycles. The van der Waals surface area contributed by atoms with E-state index in [1.54, 1.807) is 30.3 Å². The first kappa shape index (κ1) is 21.7. The highest BCUT2D eigenvalue weighted by Gasteiger charge is 2.19. The number of H-pyrrole nitrogens is 1. The van der Waals surface area contributed by atoms with Crippen molar-refractivity contribution in [2.45, 2.75) is 23.6 Å². The quantitative estimate of drug-likeness (QED) is 0.260. The van der Waals surface area contributed by atoms with Gasteiger partial charge < -0.3 is 9.84 Å². The molecular weight excluding hydrogens is 452 g/mol. The summed E-state index contributed by atoms with van der Waals surface area (Å²) in [6, 6.07) is 12.2. The smallest absolute Gasteiger partial charge is 0.419 e. The lowest BCUT2D eigenvalue weighted by molar-refractivity contribution is -0.137. The Hall–Kier alpha value is -3.51. The van der Waals surface area contributed by atoms with Crippen molar-refractivity contribution in [1.82, 2.24) is 25.6 Å². The van der Waals surface area contributed by atoms with Crippen LogP contribution in [0.5, 0.6) is 5.75 Å². The van der Waals surface area contributed by atoms with E-state index in [4.69, 9.17) is 9.84 Å². The molecule has 0 aliphatic carbocycles. The number of nitrogens with zero attached hydrogens (tertiary/aromatic N) is 5. The molecule has 1 amide bonds. The Balaban J connectivity index is 1.52. The molecule has 2 N–H and O–H groups in total. The van der Waals surface area contributed by atoms with Crippen LogP contribution in [-0.2, 0) is 4.79 Å². The molecule has 0 spiro atoms. The van der Waals surface area contributed by atoms with Crippen molar-refractivity contribution in [1.29, 1.82) is 0 Å². The van der Waals surface area contributed by atoms with Gasteiger partial charge >= 0.3 is 12.1 Å². The average molecular weight is 471 g/mol. The van der Waals surface area contributed by atoms with Gasteiger partial charge in [0.1, 0.15) is 10.1 Å². The molecule has 0 fully saturated rings.